The van der Waals surface area contributed by atoms with Crippen molar-refractivity contribution in [3.8, 4) is 11.5 Å². The Hall–Kier alpha value is -2.33. The van der Waals surface area contributed by atoms with Crippen molar-refractivity contribution in [2.24, 2.45) is 0 Å². The molecule has 0 aromatic heterocycles. The van der Waals surface area contributed by atoms with E-state index in [1.54, 1.807) is 18.2 Å². The highest BCUT2D eigenvalue weighted by Crippen LogP contribution is 2.28. The van der Waals surface area contributed by atoms with Crippen molar-refractivity contribution < 1.29 is 19.4 Å². The molecule has 110 valence electrons. The maximum Gasteiger partial charge on any atom is 0.161 e. The minimum atomic E-state index is 0.0305. The topological polar surface area (TPSA) is 55.8 Å². The maximum atomic E-state index is 10.8. The van der Waals surface area contributed by atoms with Gasteiger partial charge in [-0.2, -0.15) is 0 Å². The summed E-state index contributed by atoms with van der Waals surface area (Å²) in [5.41, 5.74) is 2.41. The van der Waals surface area contributed by atoms with Crippen LogP contribution in [0.2, 0.25) is 0 Å². The van der Waals surface area contributed by atoms with Gasteiger partial charge in [-0.1, -0.05) is 24.3 Å². The summed E-state index contributed by atoms with van der Waals surface area (Å²) in [6, 6.07) is 12.6. The highest BCUT2D eigenvalue weighted by atomic mass is 16.5. The lowest BCUT2D eigenvalue weighted by Gasteiger charge is -2.12. The Kier molecular flexibility index (Phi) is 5.35. The second kappa shape index (κ2) is 7.45. The normalized spacial score (nSPS) is 10.2. The van der Waals surface area contributed by atoms with Gasteiger partial charge >= 0.3 is 0 Å². The smallest absolute Gasteiger partial charge is 0.161 e. The highest BCUT2D eigenvalue weighted by molar-refractivity contribution is 5.76. The van der Waals surface area contributed by atoms with Gasteiger partial charge in [0, 0.05) is 5.56 Å². The van der Waals surface area contributed by atoms with Crippen LogP contribution < -0.4 is 9.47 Å². The first-order chi connectivity index (χ1) is 10.3. The Labute approximate surface area is 123 Å². The van der Waals surface area contributed by atoms with Crippen molar-refractivity contribution in [1.82, 2.24) is 0 Å². The fourth-order valence-electron chi connectivity index (χ4n) is 1.89. The number of aldehydes is 1. The first-order valence-corrected chi connectivity index (χ1v) is 6.80. The molecule has 2 aromatic carbocycles. The van der Waals surface area contributed by atoms with E-state index < -0.39 is 0 Å². The third kappa shape index (κ3) is 4.07. The largest absolute Gasteiger partial charge is 0.490 e. The third-order valence-electron chi connectivity index (χ3n) is 3.00. The quantitative estimate of drug-likeness (QED) is 0.795. The van der Waals surface area contributed by atoms with Gasteiger partial charge in [0.2, 0.25) is 0 Å². The molecule has 4 nitrogen and oxygen atoms in total. The molecule has 0 saturated heterocycles. The molecule has 0 spiro atoms. The van der Waals surface area contributed by atoms with E-state index >= 15 is 0 Å². The molecule has 0 fully saturated rings. The van der Waals surface area contributed by atoms with E-state index in [0.29, 0.717) is 30.3 Å². The average Bonchev–Trinajstić information content (AvgIpc) is 2.54. The van der Waals surface area contributed by atoms with Crippen molar-refractivity contribution in [3.05, 3.63) is 59.2 Å². The predicted molar refractivity (Wildman–Crippen MR) is 79.7 cm³/mol. The van der Waals surface area contributed by atoms with E-state index in [0.717, 1.165) is 17.4 Å². The highest BCUT2D eigenvalue weighted by Gasteiger charge is 2.06. The number of benzene rings is 2. The monoisotopic (exact) mass is 286 g/mol. The Morgan fingerprint density at radius 3 is 2.33 bits per heavy atom. The van der Waals surface area contributed by atoms with Gasteiger partial charge in [0.25, 0.3) is 0 Å². The van der Waals surface area contributed by atoms with Crippen molar-refractivity contribution >= 4 is 6.29 Å². The molecule has 0 heterocycles. The molecule has 0 aliphatic heterocycles. The summed E-state index contributed by atoms with van der Waals surface area (Å²) in [7, 11) is 0. The van der Waals surface area contributed by atoms with Crippen LogP contribution in [0.3, 0.4) is 0 Å². The van der Waals surface area contributed by atoms with Crippen LogP contribution in [-0.4, -0.2) is 18.0 Å². The van der Waals surface area contributed by atoms with Gasteiger partial charge in [-0.25, -0.2) is 0 Å². The Balaban J connectivity index is 2.09. The van der Waals surface area contributed by atoms with Gasteiger partial charge in [-0.3, -0.25) is 4.79 Å². The summed E-state index contributed by atoms with van der Waals surface area (Å²) in [6.45, 7) is 2.81. The summed E-state index contributed by atoms with van der Waals surface area (Å²) >= 11 is 0. The lowest BCUT2D eigenvalue weighted by molar-refractivity contribution is 0.112. The predicted octanol–water partition coefficient (Wildman–Crippen LogP) is 2.97. The summed E-state index contributed by atoms with van der Waals surface area (Å²) < 4.78 is 11.2. The standard InChI is InChI=1S/C17H18O4/c1-2-20-17-9-15(11-19)7-8-16(17)21-12-14-5-3-13(10-18)4-6-14/h3-9,11,18H,2,10,12H2,1H3. The van der Waals surface area contributed by atoms with E-state index in [-0.39, 0.29) is 6.61 Å². The number of hydrogen-bond acceptors (Lipinski definition) is 4. The van der Waals surface area contributed by atoms with Crippen LogP contribution in [0.25, 0.3) is 0 Å². The average molecular weight is 286 g/mol. The maximum absolute atomic E-state index is 10.8. The molecule has 0 aliphatic rings. The molecule has 1 N–H and O–H groups in total. The number of rotatable bonds is 7. The molecular weight excluding hydrogens is 268 g/mol. The van der Waals surface area contributed by atoms with Gasteiger partial charge in [0.05, 0.1) is 13.2 Å². The zero-order valence-electron chi connectivity index (χ0n) is 11.9. The Bertz CT molecular complexity index is 590. The minimum Gasteiger partial charge on any atom is -0.490 e. The van der Waals surface area contributed by atoms with E-state index in [1.807, 2.05) is 31.2 Å². The fourth-order valence-corrected chi connectivity index (χ4v) is 1.89. The van der Waals surface area contributed by atoms with Crippen LogP contribution in [0.15, 0.2) is 42.5 Å². The van der Waals surface area contributed by atoms with E-state index in [9.17, 15) is 4.79 Å². The molecule has 0 atom stereocenters. The zero-order valence-corrected chi connectivity index (χ0v) is 11.9. The van der Waals surface area contributed by atoms with Crippen molar-refractivity contribution in [1.29, 1.82) is 0 Å². The SMILES string of the molecule is CCOc1cc(C=O)ccc1OCc1ccc(CO)cc1. The number of hydrogen-bond donors (Lipinski definition) is 1. The molecule has 0 amide bonds. The Morgan fingerprint density at radius 2 is 1.71 bits per heavy atom. The zero-order chi connectivity index (χ0) is 15.1. The molecule has 4 heteroatoms. The van der Waals surface area contributed by atoms with Gasteiger partial charge in [0.15, 0.2) is 11.5 Å². The van der Waals surface area contributed by atoms with Crippen LogP contribution in [0.1, 0.15) is 28.4 Å². The first kappa shape index (κ1) is 15.1. The molecule has 0 unspecified atom stereocenters. The number of carbonyl (C=O) groups is 1. The second-order valence-corrected chi connectivity index (χ2v) is 4.52. The number of carbonyl (C=O) groups excluding carboxylic acids is 1. The minimum absolute atomic E-state index is 0.0305. The van der Waals surface area contributed by atoms with Gasteiger partial charge < -0.3 is 14.6 Å². The van der Waals surface area contributed by atoms with E-state index in [2.05, 4.69) is 0 Å². The molecule has 21 heavy (non-hydrogen) atoms. The van der Waals surface area contributed by atoms with E-state index in [4.69, 9.17) is 14.6 Å². The number of ether oxygens (including phenoxy) is 2. The summed E-state index contributed by atoms with van der Waals surface area (Å²) in [4.78, 5) is 10.8. The van der Waals surface area contributed by atoms with Gasteiger partial charge in [-0.15, -0.1) is 0 Å². The summed E-state index contributed by atoms with van der Waals surface area (Å²) in [5.74, 6) is 1.17. The summed E-state index contributed by atoms with van der Waals surface area (Å²) in [6.07, 6.45) is 0.778. The molecule has 0 saturated carbocycles. The van der Waals surface area contributed by atoms with Crippen LogP contribution >= 0.6 is 0 Å². The number of aliphatic hydroxyl groups is 1. The van der Waals surface area contributed by atoms with Gasteiger partial charge in [0.1, 0.15) is 12.9 Å². The number of aliphatic hydroxyl groups excluding tert-OH is 1. The molecular formula is C17H18O4. The van der Waals surface area contributed by atoms with Crippen molar-refractivity contribution in [2.45, 2.75) is 20.1 Å². The Morgan fingerprint density at radius 1 is 1.00 bits per heavy atom. The van der Waals surface area contributed by atoms with Crippen LogP contribution in [-0.2, 0) is 13.2 Å². The molecule has 0 radical (unpaired) electrons. The van der Waals surface area contributed by atoms with Crippen molar-refractivity contribution in [2.75, 3.05) is 6.61 Å². The molecule has 2 aromatic rings. The molecule has 0 aliphatic carbocycles. The fraction of sp³-hybridized carbons (Fsp3) is 0.235. The lowest BCUT2D eigenvalue weighted by Crippen LogP contribution is -2.00. The van der Waals surface area contributed by atoms with Crippen molar-refractivity contribution in [3.63, 3.8) is 0 Å². The van der Waals surface area contributed by atoms with Crippen LogP contribution in [0.5, 0.6) is 11.5 Å². The molecule has 2 rings (SSSR count). The van der Waals surface area contributed by atoms with Gasteiger partial charge in [-0.05, 0) is 36.2 Å². The third-order valence-corrected chi connectivity index (χ3v) is 3.00. The molecule has 0 bridgehead atoms. The summed E-state index contributed by atoms with van der Waals surface area (Å²) in [5, 5.41) is 9.00. The lowest BCUT2D eigenvalue weighted by atomic mass is 10.1. The first-order valence-electron chi connectivity index (χ1n) is 6.80. The second-order valence-electron chi connectivity index (χ2n) is 4.52. The van der Waals surface area contributed by atoms with Crippen LogP contribution in [0.4, 0.5) is 0 Å². The van der Waals surface area contributed by atoms with E-state index in [1.165, 1.54) is 0 Å². The van der Waals surface area contributed by atoms with Crippen LogP contribution in [0, 0.1) is 0 Å².